The molecule has 3 rings (SSSR count). The molecule has 0 radical (unpaired) electrons. The van der Waals surface area contributed by atoms with Gasteiger partial charge in [-0.1, -0.05) is 12.1 Å². The second-order valence-electron chi connectivity index (χ2n) is 4.24. The summed E-state index contributed by atoms with van der Waals surface area (Å²) in [6, 6.07) is 15.5. The molecule has 3 aromatic rings. The molecule has 0 atom stereocenters. The van der Waals surface area contributed by atoms with Crippen LogP contribution in [0.1, 0.15) is 11.3 Å². The molecule has 0 aliphatic heterocycles. The Balaban J connectivity index is 1.76. The molecule has 1 N–H and O–H groups in total. The molecule has 0 unspecified atom stereocenters. The average Bonchev–Trinajstić information content (AvgIpc) is 2.88. The fraction of sp³-hybridized carbons (Fsp3) is 0.0667. The van der Waals surface area contributed by atoms with Gasteiger partial charge in [-0.05, 0) is 30.3 Å². The Morgan fingerprint density at radius 1 is 1.21 bits per heavy atom. The van der Waals surface area contributed by atoms with Gasteiger partial charge in [-0.25, -0.2) is 4.98 Å². The number of hydrogen-bond acceptors (Lipinski definition) is 3. The lowest BCUT2D eigenvalue weighted by Gasteiger charge is -2.03. The number of benzene rings is 1. The zero-order chi connectivity index (χ0) is 13.1. The van der Waals surface area contributed by atoms with Crippen LogP contribution in [-0.4, -0.2) is 9.38 Å². The number of hydrogen-bond donors (Lipinski definition) is 1. The number of pyridine rings is 1. The van der Waals surface area contributed by atoms with Gasteiger partial charge in [0, 0.05) is 18.1 Å². The van der Waals surface area contributed by atoms with Crippen molar-refractivity contribution in [2.45, 2.75) is 6.54 Å². The quantitative estimate of drug-likeness (QED) is 0.775. The molecule has 4 nitrogen and oxygen atoms in total. The number of nitriles is 1. The topological polar surface area (TPSA) is 53.1 Å². The molecular formula is C15H12N4. The number of anilines is 1. The van der Waals surface area contributed by atoms with E-state index in [9.17, 15) is 0 Å². The monoisotopic (exact) mass is 248 g/mol. The maximum atomic E-state index is 8.85. The Kier molecular flexibility index (Phi) is 2.87. The molecule has 0 spiro atoms. The van der Waals surface area contributed by atoms with Gasteiger partial charge in [0.1, 0.15) is 5.65 Å². The van der Waals surface area contributed by atoms with E-state index < -0.39 is 0 Å². The molecular weight excluding hydrogens is 236 g/mol. The fourth-order valence-electron chi connectivity index (χ4n) is 1.96. The van der Waals surface area contributed by atoms with Crippen molar-refractivity contribution in [1.82, 2.24) is 9.38 Å². The molecule has 4 heteroatoms. The summed E-state index contributed by atoms with van der Waals surface area (Å²) in [5, 5.41) is 12.1. The standard InChI is InChI=1S/C15H12N4/c16-9-12-4-3-5-13(8-12)17-10-14-11-19-7-2-1-6-15(19)18-14/h1-8,11,17H,10H2. The van der Waals surface area contributed by atoms with Crippen LogP contribution in [0.2, 0.25) is 0 Å². The molecule has 1 aromatic carbocycles. The summed E-state index contributed by atoms with van der Waals surface area (Å²) < 4.78 is 1.99. The van der Waals surface area contributed by atoms with Crippen molar-refractivity contribution in [1.29, 1.82) is 5.26 Å². The van der Waals surface area contributed by atoms with Gasteiger partial charge in [0.15, 0.2) is 0 Å². The highest BCUT2D eigenvalue weighted by molar-refractivity contribution is 5.49. The Bertz CT molecular complexity index is 719. The first kappa shape index (κ1) is 11.3. The third-order valence-corrected chi connectivity index (χ3v) is 2.88. The lowest BCUT2D eigenvalue weighted by Crippen LogP contribution is -1.99. The molecule has 2 aromatic heterocycles. The van der Waals surface area contributed by atoms with Crippen LogP contribution in [0.5, 0.6) is 0 Å². The Labute approximate surface area is 110 Å². The van der Waals surface area contributed by atoms with Gasteiger partial charge in [0.2, 0.25) is 0 Å². The lowest BCUT2D eigenvalue weighted by atomic mass is 10.2. The van der Waals surface area contributed by atoms with E-state index in [1.54, 1.807) is 6.07 Å². The second kappa shape index (κ2) is 4.83. The molecule has 0 amide bonds. The van der Waals surface area contributed by atoms with E-state index in [2.05, 4.69) is 16.4 Å². The van der Waals surface area contributed by atoms with Gasteiger partial charge in [-0.2, -0.15) is 5.26 Å². The lowest BCUT2D eigenvalue weighted by molar-refractivity contribution is 1.08. The van der Waals surface area contributed by atoms with E-state index in [0.29, 0.717) is 12.1 Å². The molecule has 0 aliphatic carbocycles. The summed E-state index contributed by atoms with van der Waals surface area (Å²) in [6.45, 7) is 0.635. The van der Waals surface area contributed by atoms with Crippen molar-refractivity contribution in [3.8, 4) is 6.07 Å². The van der Waals surface area contributed by atoms with Crippen molar-refractivity contribution in [2.24, 2.45) is 0 Å². The molecule has 0 fully saturated rings. The first-order chi connectivity index (χ1) is 9.35. The van der Waals surface area contributed by atoms with Crippen molar-refractivity contribution < 1.29 is 0 Å². The smallest absolute Gasteiger partial charge is 0.137 e. The number of nitrogens with one attached hydrogen (secondary N) is 1. The Morgan fingerprint density at radius 3 is 3.00 bits per heavy atom. The van der Waals surface area contributed by atoms with Gasteiger partial charge in [-0.3, -0.25) is 0 Å². The van der Waals surface area contributed by atoms with E-state index in [-0.39, 0.29) is 0 Å². The summed E-state index contributed by atoms with van der Waals surface area (Å²) >= 11 is 0. The zero-order valence-electron chi connectivity index (χ0n) is 10.2. The van der Waals surface area contributed by atoms with Crippen LogP contribution in [0.3, 0.4) is 0 Å². The van der Waals surface area contributed by atoms with Gasteiger partial charge in [0.25, 0.3) is 0 Å². The van der Waals surface area contributed by atoms with E-state index in [1.807, 2.05) is 53.2 Å². The number of aromatic nitrogens is 2. The highest BCUT2D eigenvalue weighted by atomic mass is 15.0. The van der Waals surface area contributed by atoms with Crippen LogP contribution in [0.15, 0.2) is 54.9 Å². The van der Waals surface area contributed by atoms with Crippen LogP contribution < -0.4 is 5.32 Å². The third-order valence-electron chi connectivity index (χ3n) is 2.88. The zero-order valence-corrected chi connectivity index (χ0v) is 10.2. The van der Waals surface area contributed by atoms with Crippen LogP contribution >= 0.6 is 0 Å². The van der Waals surface area contributed by atoms with Gasteiger partial charge < -0.3 is 9.72 Å². The summed E-state index contributed by atoms with van der Waals surface area (Å²) in [5.41, 5.74) is 3.48. The third kappa shape index (κ3) is 2.40. The van der Waals surface area contributed by atoms with Crippen LogP contribution in [0.4, 0.5) is 5.69 Å². The fourth-order valence-corrected chi connectivity index (χ4v) is 1.96. The van der Waals surface area contributed by atoms with Gasteiger partial charge >= 0.3 is 0 Å². The van der Waals surface area contributed by atoms with Crippen molar-refractivity contribution in [2.75, 3.05) is 5.32 Å². The summed E-state index contributed by atoms with van der Waals surface area (Å²) in [7, 11) is 0. The van der Waals surface area contributed by atoms with Crippen LogP contribution in [0.25, 0.3) is 5.65 Å². The SMILES string of the molecule is N#Cc1cccc(NCc2cn3ccccc3n2)c1. The molecule has 0 bridgehead atoms. The maximum absolute atomic E-state index is 8.85. The normalized spacial score (nSPS) is 10.3. The maximum Gasteiger partial charge on any atom is 0.137 e. The number of fused-ring (bicyclic) bond motifs is 1. The van der Waals surface area contributed by atoms with Crippen molar-refractivity contribution in [3.63, 3.8) is 0 Å². The van der Waals surface area contributed by atoms with Crippen LogP contribution in [0, 0.1) is 11.3 Å². The number of rotatable bonds is 3. The van der Waals surface area contributed by atoms with E-state index in [1.165, 1.54) is 0 Å². The summed E-state index contributed by atoms with van der Waals surface area (Å²) in [4.78, 5) is 4.51. The molecule has 92 valence electrons. The summed E-state index contributed by atoms with van der Waals surface area (Å²) in [6.07, 6.45) is 3.97. The van der Waals surface area contributed by atoms with Crippen molar-refractivity contribution in [3.05, 3.63) is 66.1 Å². The molecule has 0 saturated carbocycles. The number of imidazole rings is 1. The highest BCUT2D eigenvalue weighted by Crippen LogP contribution is 2.12. The predicted octanol–water partition coefficient (Wildman–Crippen LogP) is 2.82. The van der Waals surface area contributed by atoms with Gasteiger partial charge in [-0.15, -0.1) is 0 Å². The Hall–Kier alpha value is -2.80. The highest BCUT2D eigenvalue weighted by Gasteiger charge is 2.01. The summed E-state index contributed by atoms with van der Waals surface area (Å²) in [5.74, 6) is 0. The first-order valence-electron chi connectivity index (χ1n) is 6.02. The molecule has 0 saturated heterocycles. The predicted molar refractivity (Wildman–Crippen MR) is 73.7 cm³/mol. The Morgan fingerprint density at radius 2 is 2.16 bits per heavy atom. The van der Waals surface area contributed by atoms with E-state index >= 15 is 0 Å². The average molecular weight is 248 g/mol. The minimum Gasteiger partial charge on any atom is -0.379 e. The molecule has 2 heterocycles. The van der Waals surface area contributed by atoms with E-state index in [0.717, 1.165) is 17.0 Å². The largest absolute Gasteiger partial charge is 0.379 e. The minimum absolute atomic E-state index is 0.635. The van der Waals surface area contributed by atoms with Gasteiger partial charge in [0.05, 0.1) is 23.9 Å². The second-order valence-corrected chi connectivity index (χ2v) is 4.24. The molecule has 0 aliphatic rings. The van der Waals surface area contributed by atoms with Crippen LogP contribution in [-0.2, 0) is 6.54 Å². The number of nitrogens with zero attached hydrogens (tertiary/aromatic N) is 3. The molecule has 19 heavy (non-hydrogen) atoms. The minimum atomic E-state index is 0.635. The van der Waals surface area contributed by atoms with Crippen molar-refractivity contribution >= 4 is 11.3 Å². The first-order valence-corrected chi connectivity index (χ1v) is 6.02. The van der Waals surface area contributed by atoms with E-state index in [4.69, 9.17) is 5.26 Å².